The van der Waals surface area contributed by atoms with Gasteiger partial charge in [0.25, 0.3) is 0 Å². The number of hydrogen-bond acceptors (Lipinski definition) is 4. The van der Waals surface area contributed by atoms with Crippen LogP contribution in [0.2, 0.25) is 0 Å². The molecule has 3 aromatic heterocycles. The van der Waals surface area contributed by atoms with E-state index in [4.69, 9.17) is 0 Å². The molecule has 1 fully saturated rings. The average Bonchev–Trinajstić information content (AvgIpc) is 3.41. The Hall–Kier alpha value is -2.96. The van der Waals surface area contributed by atoms with Crippen molar-refractivity contribution in [2.45, 2.75) is 32.4 Å². The molecule has 4 heterocycles. The summed E-state index contributed by atoms with van der Waals surface area (Å²) in [4.78, 5) is 23.2. The number of allylic oxidation sites excluding steroid dienone is 1. The first-order chi connectivity index (χ1) is 13.2. The number of aromatic nitrogens is 5. The zero-order valence-electron chi connectivity index (χ0n) is 15.3. The number of carbonyl (C=O) groups excluding carboxylic acids is 1. The van der Waals surface area contributed by atoms with Gasteiger partial charge in [-0.3, -0.25) is 9.78 Å². The Morgan fingerprint density at radius 2 is 2.30 bits per heavy atom. The summed E-state index contributed by atoms with van der Waals surface area (Å²) in [6.45, 7) is 4.05. The topological polar surface area (TPSA) is 68.8 Å². The van der Waals surface area contributed by atoms with E-state index in [0.717, 1.165) is 31.6 Å². The highest BCUT2D eigenvalue weighted by atomic mass is 16.2. The Morgan fingerprint density at radius 1 is 1.37 bits per heavy atom. The van der Waals surface area contributed by atoms with Crippen LogP contribution in [0.5, 0.6) is 0 Å². The van der Waals surface area contributed by atoms with Gasteiger partial charge in [0.1, 0.15) is 19.2 Å². The van der Waals surface area contributed by atoms with Crippen LogP contribution in [0.25, 0.3) is 17.0 Å². The van der Waals surface area contributed by atoms with Gasteiger partial charge < -0.3 is 9.47 Å². The molecule has 3 aromatic rings. The molecular formula is C20H22N6O. The highest BCUT2D eigenvalue weighted by molar-refractivity contribution is 5.90. The smallest absolute Gasteiger partial charge is 0.244 e. The molecule has 7 nitrogen and oxygen atoms in total. The Balaban J connectivity index is 1.46. The quantitative estimate of drug-likeness (QED) is 0.717. The van der Waals surface area contributed by atoms with Crippen LogP contribution in [0.3, 0.4) is 0 Å². The van der Waals surface area contributed by atoms with Gasteiger partial charge in [-0.15, -0.1) is 0 Å². The van der Waals surface area contributed by atoms with E-state index in [1.165, 1.54) is 22.8 Å². The van der Waals surface area contributed by atoms with E-state index in [9.17, 15) is 4.79 Å². The summed E-state index contributed by atoms with van der Waals surface area (Å²) in [6.07, 6.45) is 13.4. The Bertz CT molecular complexity index is 1020. The SMILES string of the molecule is C[C@@H]1CCN(C(=O)Cn2cncn2)C[C@@H]1n1ccc2cnc3c(c21)C=CC3. The van der Waals surface area contributed by atoms with E-state index in [1.807, 2.05) is 11.1 Å². The number of pyridine rings is 1. The maximum atomic E-state index is 12.7. The molecule has 138 valence electrons. The highest BCUT2D eigenvalue weighted by Gasteiger charge is 2.31. The normalized spacial score (nSPS) is 21.7. The minimum absolute atomic E-state index is 0.0978. The molecule has 5 rings (SSSR count). The van der Waals surface area contributed by atoms with Gasteiger partial charge >= 0.3 is 0 Å². The van der Waals surface area contributed by atoms with E-state index < -0.39 is 0 Å². The molecule has 27 heavy (non-hydrogen) atoms. The summed E-state index contributed by atoms with van der Waals surface area (Å²) in [5.74, 6) is 0.603. The predicted octanol–water partition coefficient (Wildman–Crippen LogP) is 2.31. The van der Waals surface area contributed by atoms with Crippen molar-refractivity contribution < 1.29 is 4.79 Å². The second kappa shape index (κ2) is 6.33. The van der Waals surface area contributed by atoms with Gasteiger partial charge in [-0.2, -0.15) is 5.10 Å². The summed E-state index contributed by atoms with van der Waals surface area (Å²) in [5, 5.41) is 5.22. The molecule has 7 heteroatoms. The van der Waals surface area contributed by atoms with Crippen molar-refractivity contribution in [3.8, 4) is 0 Å². The van der Waals surface area contributed by atoms with Crippen LogP contribution in [-0.2, 0) is 17.8 Å². The maximum absolute atomic E-state index is 12.7. The molecule has 0 saturated carbocycles. The first kappa shape index (κ1) is 16.2. The van der Waals surface area contributed by atoms with Gasteiger partial charge in [-0.25, -0.2) is 9.67 Å². The van der Waals surface area contributed by atoms with Gasteiger partial charge in [0, 0.05) is 42.9 Å². The number of rotatable bonds is 3. The number of fused-ring (bicyclic) bond motifs is 3. The van der Waals surface area contributed by atoms with Crippen molar-refractivity contribution in [1.82, 2.24) is 29.2 Å². The van der Waals surface area contributed by atoms with Crippen LogP contribution >= 0.6 is 0 Å². The number of carbonyl (C=O) groups is 1. The molecule has 0 unspecified atom stereocenters. The fourth-order valence-corrected chi connectivity index (χ4v) is 4.31. The van der Waals surface area contributed by atoms with E-state index in [1.54, 1.807) is 11.0 Å². The Labute approximate surface area is 157 Å². The summed E-state index contributed by atoms with van der Waals surface area (Å²) in [5.41, 5.74) is 3.62. The van der Waals surface area contributed by atoms with Crippen LogP contribution in [-0.4, -0.2) is 48.2 Å². The van der Waals surface area contributed by atoms with Gasteiger partial charge in [0.15, 0.2) is 0 Å². The number of hydrogen-bond donors (Lipinski definition) is 0. The van der Waals surface area contributed by atoms with Crippen molar-refractivity contribution in [2.75, 3.05) is 13.1 Å². The third-order valence-corrected chi connectivity index (χ3v) is 5.86. The lowest BCUT2D eigenvalue weighted by atomic mass is 9.93. The summed E-state index contributed by atoms with van der Waals surface area (Å²) in [7, 11) is 0. The van der Waals surface area contributed by atoms with Crippen LogP contribution in [0.4, 0.5) is 0 Å². The van der Waals surface area contributed by atoms with Crippen LogP contribution < -0.4 is 0 Å². The van der Waals surface area contributed by atoms with Crippen molar-refractivity contribution in [1.29, 1.82) is 0 Å². The molecule has 2 atom stereocenters. The van der Waals surface area contributed by atoms with E-state index in [2.05, 4.69) is 51.0 Å². The van der Waals surface area contributed by atoms with Crippen LogP contribution in [0.1, 0.15) is 30.6 Å². The number of nitrogens with zero attached hydrogens (tertiary/aromatic N) is 6. The predicted molar refractivity (Wildman–Crippen MR) is 102 cm³/mol. The lowest BCUT2D eigenvalue weighted by Gasteiger charge is -2.38. The molecule has 0 spiro atoms. The van der Waals surface area contributed by atoms with Crippen molar-refractivity contribution in [2.24, 2.45) is 5.92 Å². The van der Waals surface area contributed by atoms with Crippen molar-refractivity contribution in [3.63, 3.8) is 0 Å². The van der Waals surface area contributed by atoms with Gasteiger partial charge in [-0.05, 0) is 18.4 Å². The molecule has 0 N–H and O–H groups in total. The molecule has 1 aliphatic carbocycles. The highest BCUT2D eigenvalue weighted by Crippen LogP contribution is 2.34. The standard InChI is InChI=1S/C20H22N6O/c1-14-5-7-24(19(27)11-25-13-21-12-23-25)10-18(14)26-8-6-15-9-22-17-4-2-3-16(17)20(15)26/h2-3,6,8-9,12-14,18H,4-5,7,10-11H2,1H3/t14-,18+/m1/s1. The Kier molecular flexibility index (Phi) is 3.81. The third kappa shape index (κ3) is 2.74. The van der Waals surface area contributed by atoms with E-state index >= 15 is 0 Å². The largest absolute Gasteiger partial charge is 0.342 e. The minimum atomic E-state index is 0.0978. The summed E-state index contributed by atoms with van der Waals surface area (Å²) in [6, 6.07) is 2.40. The van der Waals surface area contributed by atoms with Crippen molar-refractivity contribution >= 4 is 22.9 Å². The third-order valence-electron chi connectivity index (χ3n) is 5.86. The zero-order chi connectivity index (χ0) is 18.4. The fraction of sp³-hybridized carbons (Fsp3) is 0.400. The molecule has 2 aliphatic rings. The van der Waals surface area contributed by atoms with E-state index in [0.29, 0.717) is 5.92 Å². The molecule has 0 radical (unpaired) electrons. The minimum Gasteiger partial charge on any atom is -0.342 e. The second-order valence-corrected chi connectivity index (χ2v) is 7.52. The van der Waals surface area contributed by atoms with Gasteiger partial charge in [0.2, 0.25) is 5.91 Å². The maximum Gasteiger partial charge on any atom is 0.244 e. The van der Waals surface area contributed by atoms with Crippen LogP contribution in [0, 0.1) is 5.92 Å². The average molecular weight is 362 g/mol. The first-order valence-corrected chi connectivity index (χ1v) is 9.46. The molecule has 1 saturated heterocycles. The summed E-state index contributed by atoms with van der Waals surface area (Å²) >= 11 is 0. The number of piperidine rings is 1. The summed E-state index contributed by atoms with van der Waals surface area (Å²) < 4.78 is 3.95. The molecule has 0 bridgehead atoms. The fourth-order valence-electron chi connectivity index (χ4n) is 4.31. The molecule has 1 amide bonds. The zero-order valence-corrected chi connectivity index (χ0v) is 15.3. The Morgan fingerprint density at radius 3 is 3.15 bits per heavy atom. The molecule has 0 aromatic carbocycles. The molecular weight excluding hydrogens is 340 g/mol. The van der Waals surface area contributed by atoms with E-state index in [-0.39, 0.29) is 18.5 Å². The van der Waals surface area contributed by atoms with Gasteiger partial charge in [0.05, 0.1) is 17.3 Å². The monoisotopic (exact) mass is 362 g/mol. The number of likely N-dealkylation sites (tertiary alicyclic amines) is 1. The van der Waals surface area contributed by atoms with Gasteiger partial charge in [-0.1, -0.05) is 19.1 Å². The second-order valence-electron chi connectivity index (χ2n) is 7.52. The van der Waals surface area contributed by atoms with Crippen molar-refractivity contribution in [3.05, 3.63) is 48.4 Å². The lowest BCUT2D eigenvalue weighted by Crippen LogP contribution is -2.45. The number of amides is 1. The first-order valence-electron chi connectivity index (χ1n) is 9.46. The van der Waals surface area contributed by atoms with Crippen LogP contribution in [0.15, 0.2) is 37.2 Å². The molecule has 1 aliphatic heterocycles. The lowest BCUT2D eigenvalue weighted by molar-refractivity contribution is -0.134.